The number of hydrogen-bond donors (Lipinski definition) is 1. The molecule has 6 nitrogen and oxygen atoms in total. The number of carboxylic acids is 1. The van der Waals surface area contributed by atoms with Gasteiger partial charge < -0.3 is 9.84 Å². The zero-order valence-corrected chi connectivity index (χ0v) is 11.3. The first-order chi connectivity index (χ1) is 8.90. The van der Waals surface area contributed by atoms with E-state index in [1.807, 2.05) is 0 Å². The molecule has 0 aliphatic carbocycles. The Balaban J connectivity index is 3.06. The lowest BCUT2D eigenvalue weighted by molar-refractivity contribution is -0.385. The number of nitro benzene ring substituents is 1. The van der Waals surface area contributed by atoms with E-state index < -0.39 is 10.9 Å². The summed E-state index contributed by atoms with van der Waals surface area (Å²) in [6.45, 7) is 3.63. The van der Waals surface area contributed by atoms with E-state index >= 15 is 0 Å². The number of hydrogen-bond acceptors (Lipinski definition) is 4. The third-order valence-corrected chi connectivity index (χ3v) is 2.21. The van der Waals surface area contributed by atoms with Gasteiger partial charge in [-0.2, -0.15) is 0 Å². The van der Waals surface area contributed by atoms with E-state index in [0.29, 0.717) is 10.0 Å². The van der Waals surface area contributed by atoms with Gasteiger partial charge in [0.25, 0.3) is 0 Å². The number of aliphatic carboxylic acids is 1. The maximum absolute atomic E-state index is 10.8. The maximum atomic E-state index is 10.8. The summed E-state index contributed by atoms with van der Waals surface area (Å²) in [4.78, 5) is 20.7. The lowest BCUT2D eigenvalue weighted by atomic mass is 10.2. The van der Waals surface area contributed by atoms with Crippen molar-refractivity contribution in [2.75, 3.05) is 6.61 Å². The molecule has 0 bridgehead atoms. The molecule has 1 rings (SSSR count). The molecule has 1 aromatic carbocycles. The summed E-state index contributed by atoms with van der Waals surface area (Å²) in [5.41, 5.74) is 0.296. The third kappa shape index (κ3) is 4.92. The van der Waals surface area contributed by atoms with Crippen LogP contribution >= 0.6 is 15.9 Å². The average Bonchev–Trinajstić information content (AvgIpc) is 2.33. The van der Waals surface area contributed by atoms with Crippen molar-refractivity contribution in [1.29, 1.82) is 0 Å². The molecule has 0 heterocycles. The summed E-state index contributed by atoms with van der Waals surface area (Å²) in [6, 6.07) is 4.09. The molecular formula is C12H10BrNO5. The molecule has 0 atom stereocenters. The van der Waals surface area contributed by atoms with Gasteiger partial charge in [-0.15, -0.1) is 0 Å². The summed E-state index contributed by atoms with van der Waals surface area (Å²) >= 11 is 3.08. The molecule has 0 aliphatic heterocycles. The van der Waals surface area contributed by atoms with Crippen LogP contribution < -0.4 is 4.74 Å². The van der Waals surface area contributed by atoms with E-state index in [0.717, 1.165) is 6.08 Å². The second-order valence-corrected chi connectivity index (χ2v) is 4.58. The Labute approximate surface area is 117 Å². The molecule has 0 radical (unpaired) electrons. The van der Waals surface area contributed by atoms with Crippen molar-refractivity contribution in [1.82, 2.24) is 0 Å². The zero-order chi connectivity index (χ0) is 14.4. The van der Waals surface area contributed by atoms with Gasteiger partial charge in [-0.05, 0) is 23.8 Å². The summed E-state index contributed by atoms with van der Waals surface area (Å²) in [5.74, 6) is -1.05. The van der Waals surface area contributed by atoms with E-state index in [1.165, 1.54) is 24.3 Å². The number of ether oxygens (including phenoxy) is 1. The van der Waals surface area contributed by atoms with Gasteiger partial charge in [0.15, 0.2) is 5.75 Å². The van der Waals surface area contributed by atoms with Gasteiger partial charge in [0.05, 0.1) is 4.92 Å². The highest BCUT2D eigenvalue weighted by Crippen LogP contribution is 2.29. The van der Waals surface area contributed by atoms with Crippen molar-refractivity contribution in [3.8, 4) is 5.75 Å². The zero-order valence-electron chi connectivity index (χ0n) is 9.71. The Hall–Kier alpha value is -2.15. The van der Waals surface area contributed by atoms with Crippen molar-refractivity contribution in [2.24, 2.45) is 0 Å². The van der Waals surface area contributed by atoms with Crippen molar-refractivity contribution in [3.05, 3.63) is 51.0 Å². The first kappa shape index (κ1) is 14.9. The molecule has 7 heteroatoms. The van der Waals surface area contributed by atoms with Crippen LogP contribution in [0.4, 0.5) is 5.69 Å². The van der Waals surface area contributed by atoms with Crippen molar-refractivity contribution in [3.63, 3.8) is 0 Å². The Bertz CT molecular complexity index is 553. The second kappa shape index (κ2) is 6.69. The standard InChI is InChI=1S/C12H10BrNO5/c1-8(13)7-19-11-6-9(3-5-12(15)16)2-4-10(11)14(17)18/h2-6H,1,7H2,(H,15,16). The van der Waals surface area contributed by atoms with E-state index in [4.69, 9.17) is 9.84 Å². The minimum Gasteiger partial charge on any atom is -0.481 e. The molecule has 100 valence electrons. The Kier molecular flexibility index (Phi) is 5.25. The predicted molar refractivity (Wildman–Crippen MR) is 73.3 cm³/mol. The van der Waals surface area contributed by atoms with Crippen LogP contribution in [0.2, 0.25) is 0 Å². The molecule has 0 saturated heterocycles. The third-order valence-electron chi connectivity index (χ3n) is 1.98. The molecule has 1 N–H and O–H groups in total. The second-order valence-electron chi connectivity index (χ2n) is 3.46. The lowest BCUT2D eigenvalue weighted by Gasteiger charge is -2.06. The first-order valence-electron chi connectivity index (χ1n) is 5.05. The van der Waals surface area contributed by atoms with Crippen LogP contribution in [0.25, 0.3) is 6.08 Å². The maximum Gasteiger partial charge on any atom is 0.328 e. The number of carbonyl (C=O) groups is 1. The fourth-order valence-electron chi connectivity index (χ4n) is 1.22. The minimum absolute atomic E-state index is 0.0538. The molecule has 19 heavy (non-hydrogen) atoms. The van der Waals surface area contributed by atoms with Crippen molar-refractivity contribution >= 4 is 33.7 Å². The monoisotopic (exact) mass is 327 g/mol. The van der Waals surface area contributed by atoms with Gasteiger partial charge in [-0.3, -0.25) is 10.1 Å². The smallest absolute Gasteiger partial charge is 0.328 e. The van der Waals surface area contributed by atoms with Crippen LogP contribution in [0, 0.1) is 10.1 Å². The highest BCUT2D eigenvalue weighted by atomic mass is 79.9. The topological polar surface area (TPSA) is 89.7 Å². The molecule has 0 spiro atoms. The molecule has 0 aliphatic rings. The molecule has 0 aromatic heterocycles. The molecule has 0 amide bonds. The minimum atomic E-state index is -1.10. The van der Waals surface area contributed by atoms with Crippen molar-refractivity contribution < 1.29 is 19.6 Å². The number of nitro groups is 1. The van der Waals surface area contributed by atoms with E-state index in [1.54, 1.807) is 0 Å². The number of rotatable bonds is 6. The van der Waals surface area contributed by atoms with Gasteiger partial charge in [0.2, 0.25) is 0 Å². The SMILES string of the molecule is C=C(Br)COc1cc(C=CC(=O)O)ccc1[N+](=O)[O-]. The van der Waals surface area contributed by atoms with Crippen LogP contribution in [0.15, 0.2) is 35.3 Å². The number of carboxylic acid groups (broad SMARTS) is 1. The number of nitrogens with zero attached hydrogens (tertiary/aromatic N) is 1. The fourth-order valence-corrected chi connectivity index (χ4v) is 1.34. The number of benzene rings is 1. The van der Waals surface area contributed by atoms with Gasteiger partial charge in [-0.25, -0.2) is 4.79 Å². The van der Waals surface area contributed by atoms with Gasteiger partial charge >= 0.3 is 11.7 Å². The van der Waals surface area contributed by atoms with E-state index in [2.05, 4.69) is 22.5 Å². The number of halogens is 1. The lowest BCUT2D eigenvalue weighted by Crippen LogP contribution is -2.00. The van der Waals surface area contributed by atoms with E-state index in [-0.39, 0.29) is 18.0 Å². The van der Waals surface area contributed by atoms with Crippen LogP contribution in [-0.4, -0.2) is 22.6 Å². The normalized spacial score (nSPS) is 10.4. The Morgan fingerprint density at radius 2 is 2.26 bits per heavy atom. The first-order valence-corrected chi connectivity index (χ1v) is 5.85. The Morgan fingerprint density at radius 1 is 1.58 bits per heavy atom. The molecular weight excluding hydrogens is 318 g/mol. The highest BCUT2D eigenvalue weighted by molar-refractivity contribution is 9.11. The van der Waals surface area contributed by atoms with Gasteiger partial charge in [0.1, 0.15) is 6.61 Å². The molecule has 1 aromatic rings. The van der Waals surface area contributed by atoms with Gasteiger partial charge in [0, 0.05) is 16.6 Å². The summed E-state index contributed by atoms with van der Waals surface area (Å²) in [5, 5.41) is 19.3. The fraction of sp³-hybridized carbons (Fsp3) is 0.0833. The summed E-state index contributed by atoms with van der Waals surface area (Å²) in [7, 11) is 0. The Morgan fingerprint density at radius 3 is 2.79 bits per heavy atom. The average molecular weight is 328 g/mol. The van der Waals surface area contributed by atoms with Crippen LogP contribution in [-0.2, 0) is 4.79 Å². The quantitative estimate of drug-likeness (QED) is 0.492. The van der Waals surface area contributed by atoms with E-state index in [9.17, 15) is 14.9 Å². The molecule has 0 unspecified atom stereocenters. The van der Waals surface area contributed by atoms with Crippen LogP contribution in [0.1, 0.15) is 5.56 Å². The van der Waals surface area contributed by atoms with Crippen LogP contribution in [0.3, 0.4) is 0 Å². The molecule has 0 fully saturated rings. The largest absolute Gasteiger partial charge is 0.481 e. The summed E-state index contributed by atoms with van der Waals surface area (Å²) in [6.07, 6.45) is 2.26. The van der Waals surface area contributed by atoms with Crippen LogP contribution in [0.5, 0.6) is 5.75 Å². The molecule has 0 saturated carbocycles. The van der Waals surface area contributed by atoms with Gasteiger partial charge in [-0.1, -0.05) is 22.5 Å². The predicted octanol–water partition coefficient (Wildman–Crippen LogP) is 2.98. The highest BCUT2D eigenvalue weighted by Gasteiger charge is 2.15. The summed E-state index contributed by atoms with van der Waals surface area (Å²) < 4.78 is 5.77. The van der Waals surface area contributed by atoms with Crippen molar-refractivity contribution in [2.45, 2.75) is 0 Å².